The normalized spacial score (nSPS) is 12.1. The van der Waals surface area contributed by atoms with E-state index >= 15 is 0 Å². The highest BCUT2D eigenvalue weighted by Gasteiger charge is 2.23. The van der Waals surface area contributed by atoms with Gasteiger partial charge in [0, 0.05) is 19.4 Å². The van der Waals surface area contributed by atoms with Gasteiger partial charge >= 0.3 is 0 Å². The van der Waals surface area contributed by atoms with Gasteiger partial charge in [0.05, 0.1) is 17.3 Å². The zero-order valence-electron chi connectivity index (χ0n) is 17.5. The van der Waals surface area contributed by atoms with Crippen molar-refractivity contribution in [1.29, 1.82) is 0 Å². The molecule has 8 heteroatoms. The molecule has 0 fully saturated rings. The first kappa shape index (κ1) is 20.0. The van der Waals surface area contributed by atoms with Crippen LogP contribution in [0.15, 0.2) is 77.5 Å². The number of furan rings is 1. The summed E-state index contributed by atoms with van der Waals surface area (Å²) in [5.41, 5.74) is 1.79. The number of rotatable bonds is 6. The van der Waals surface area contributed by atoms with Gasteiger partial charge in [0.25, 0.3) is 5.91 Å². The van der Waals surface area contributed by atoms with Crippen molar-refractivity contribution in [3.8, 4) is 16.5 Å². The molecule has 0 aliphatic heterocycles. The highest BCUT2D eigenvalue weighted by atomic mass is 32.1. The molecule has 0 aliphatic rings. The number of para-hydroxylation sites is 1. The van der Waals surface area contributed by atoms with Crippen molar-refractivity contribution in [2.24, 2.45) is 7.05 Å². The largest absolute Gasteiger partial charge is 0.497 e. The van der Waals surface area contributed by atoms with Gasteiger partial charge in [-0.1, -0.05) is 24.3 Å². The zero-order chi connectivity index (χ0) is 22.1. The molecule has 0 spiro atoms. The quantitative estimate of drug-likeness (QED) is 0.406. The van der Waals surface area contributed by atoms with Gasteiger partial charge in [-0.05, 0) is 42.0 Å². The summed E-state index contributed by atoms with van der Waals surface area (Å²) in [6.45, 7) is 0. The van der Waals surface area contributed by atoms with Gasteiger partial charge in [-0.15, -0.1) is 11.3 Å². The van der Waals surface area contributed by atoms with Gasteiger partial charge in [-0.25, -0.2) is 9.97 Å². The Morgan fingerprint density at radius 2 is 1.94 bits per heavy atom. The number of amides is 1. The summed E-state index contributed by atoms with van der Waals surface area (Å²) in [6.07, 6.45) is 3.55. The van der Waals surface area contributed by atoms with E-state index in [2.05, 4.69) is 15.3 Å². The number of carbonyl (C=O) groups excluding carboxylic acids is 1. The molecule has 0 saturated carbocycles. The number of nitrogens with one attached hydrogen (secondary N) is 1. The number of thiazole rings is 1. The Morgan fingerprint density at radius 3 is 2.66 bits per heavy atom. The molecule has 1 atom stereocenters. The number of carbonyl (C=O) groups is 1. The highest BCUT2D eigenvalue weighted by Crippen LogP contribution is 2.31. The molecule has 0 bridgehead atoms. The summed E-state index contributed by atoms with van der Waals surface area (Å²) in [7, 11) is 3.51. The molecule has 7 nitrogen and oxygen atoms in total. The van der Waals surface area contributed by atoms with E-state index in [1.165, 1.54) is 11.3 Å². The summed E-state index contributed by atoms with van der Waals surface area (Å²) in [5, 5.41) is 3.78. The number of aryl methyl sites for hydroxylation is 1. The summed E-state index contributed by atoms with van der Waals surface area (Å²) in [6, 6.07) is 18.4. The predicted octanol–water partition coefficient (Wildman–Crippen LogP) is 4.82. The lowest BCUT2D eigenvalue weighted by atomic mass is 10.1. The van der Waals surface area contributed by atoms with Crippen LogP contribution in [0.2, 0.25) is 0 Å². The SMILES string of the molecule is COc1ccc(C(NC(=O)c2ccc(-c3nc4ccccc4s3)o2)c2nccn2C)cc1. The van der Waals surface area contributed by atoms with Crippen LogP contribution >= 0.6 is 11.3 Å². The molecule has 3 aromatic heterocycles. The molecule has 0 aliphatic carbocycles. The molecule has 1 N–H and O–H groups in total. The second-order valence-electron chi connectivity index (χ2n) is 7.23. The molecule has 32 heavy (non-hydrogen) atoms. The van der Waals surface area contributed by atoms with E-state index in [1.807, 2.05) is 66.3 Å². The fraction of sp³-hybridized carbons (Fsp3) is 0.125. The smallest absolute Gasteiger partial charge is 0.287 e. The van der Waals surface area contributed by atoms with Gasteiger partial charge in [-0.2, -0.15) is 0 Å². The Kier molecular flexibility index (Phi) is 5.20. The third kappa shape index (κ3) is 3.76. The van der Waals surface area contributed by atoms with E-state index in [-0.39, 0.29) is 11.7 Å². The molecule has 3 heterocycles. The molecule has 1 amide bonds. The Hall–Kier alpha value is -3.91. The summed E-state index contributed by atoms with van der Waals surface area (Å²) in [5.74, 6) is 1.90. The third-order valence-corrected chi connectivity index (χ3v) is 6.23. The maximum atomic E-state index is 13.1. The van der Waals surface area contributed by atoms with E-state index in [0.29, 0.717) is 11.6 Å². The third-order valence-electron chi connectivity index (χ3n) is 5.18. The van der Waals surface area contributed by atoms with E-state index in [4.69, 9.17) is 9.15 Å². The lowest BCUT2D eigenvalue weighted by Gasteiger charge is -2.19. The van der Waals surface area contributed by atoms with E-state index in [9.17, 15) is 4.79 Å². The average molecular weight is 445 g/mol. The maximum Gasteiger partial charge on any atom is 0.287 e. The number of methoxy groups -OCH3 is 1. The standard InChI is InChI=1S/C24H20N4O3S/c1-28-14-13-25-22(28)21(15-7-9-16(30-2)10-8-15)27-23(29)18-11-12-19(31-18)24-26-17-5-3-4-6-20(17)32-24/h3-14,21H,1-2H3,(H,27,29). The van der Waals surface area contributed by atoms with Crippen LogP contribution in [0, 0.1) is 0 Å². The fourth-order valence-corrected chi connectivity index (χ4v) is 4.43. The molecular formula is C24H20N4O3S. The lowest BCUT2D eigenvalue weighted by Crippen LogP contribution is -2.30. The fourth-order valence-electron chi connectivity index (χ4n) is 3.50. The van der Waals surface area contributed by atoms with Gasteiger partial charge < -0.3 is 19.0 Å². The molecule has 1 unspecified atom stereocenters. The maximum absolute atomic E-state index is 13.1. The second-order valence-corrected chi connectivity index (χ2v) is 8.26. The van der Waals surface area contributed by atoms with E-state index < -0.39 is 6.04 Å². The van der Waals surface area contributed by atoms with E-state index in [1.54, 1.807) is 25.4 Å². The Labute approximate surface area is 188 Å². The summed E-state index contributed by atoms with van der Waals surface area (Å²) >= 11 is 1.53. The minimum Gasteiger partial charge on any atom is -0.497 e. The molecule has 0 radical (unpaired) electrons. The van der Waals surface area contributed by atoms with Crippen molar-refractivity contribution in [2.75, 3.05) is 7.11 Å². The molecule has 5 aromatic rings. The lowest BCUT2D eigenvalue weighted by molar-refractivity contribution is 0.0914. The minimum absolute atomic E-state index is 0.215. The van der Waals surface area contributed by atoms with Gasteiger partial charge in [0.15, 0.2) is 16.5 Å². The Balaban J connectivity index is 1.42. The Bertz CT molecular complexity index is 1350. The number of hydrogen-bond acceptors (Lipinski definition) is 6. The first-order valence-electron chi connectivity index (χ1n) is 10.00. The Morgan fingerprint density at radius 1 is 1.12 bits per heavy atom. The van der Waals surface area contributed by atoms with Gasteiger partial charge in [0.2, 0.25) is 0 Å². The van der Waals surface area contributed by atoms with Crippen molar-refractivity contribution >= 4 is 27.5 Å². The van der Waals surface area contributed by atoms with Crippen molar-refractivity contribution in [3.63, 3.8) is 0 Å². The first-order chi connectivity index (χ1) is 15.6. The predicted molar refractivity (Wildman–Crippen MR) is 123 cm³/mol. The van der Waals surface area contributed by atoms with Crippen LogP contribution in [0.3, 0.4) is 0 Å². The van der Waals surface area contributed by atoms with Crippen molar-refractivity contribution < 1.29 is 13.9 Å². The number of nitrogens with zero attached hydrogens (tertiary/aromatic N) is 3. The van der Waals surface area contributed by atoms with Crippen molar-refractivity contribution in [3.05, 3.63) is 90.2 Å². The summed E-state index contributed by atoms with van der Waals surface area (Å²) in [4.78, 5) is 22.1. The van der Waals surface area contributed by atoms with Gasteiger partial charge in [-0.3, -0.25) is 4.79 Å². The van der Waals surface area contributed by atoms with Gasteiger partial charge in [0.1, 0.15) is 17.6 Å². The molecule has 160 valence electrons. The highest BCUT2D eigenvalue weighted by molar-refractivity contribution is 7.21. The van der Waals surface area contributed by atoms with E-state index in [0.717, 1.165) is 26.5 Å². The van der Waals surface area contributed by atoms with Crippen LogP contribution in [0.25, 0.3) is 21.0 Å². The second kappa shape index (κ2) is 8.32. The molecule has 0 saturated heterocycles. The molecule has 2 aromatic carbocycles. The average Bonchev–Trinajstić information content (AvgIpc) is 3.56. The van der Waals surface area contributed by atoms with Crippen LogP contribution in [0.1, 0.15) is 28.0 Å². The molecule has 5 rings (SSSR count). The number of ether oxygens (including phenoxy) is 1. The topological polar surface area (TPSA) is 82.2 Å². The minimum atomic E-state index is -0.454. The number of hydrogen-bond donors (Lipinski definition) is 1. The van der Waals surface area contributed by atoms with Crippen molar-refractivity contribution in [1.82, 2.24) is 19.9 Å². The van der Waals surface area contributed by atoms with Crippen LogP contribution in [-0.2, 0) is 7.05 Å². The number of fused-ring (bicyclic) bond motifs is 1. The number of imidazole rings is 1. The van der Waals surface area contributed by atoms with Crippen LogP contribution < -0.4 is 10.1 Å². The monoisotopic (exact) mass is 444 g/mol. The first-order valence-corrected chi connectivity index (χ1v) is 10.8. The van der Waals surface area contributed by atoms with Crippen molar-refractivity contribution in [2.45, 2.75) is 6.04 Å². The summed E-state index contributed by atoms with van der Waals surface area (Å²) < 4.78 is 14.1. The van der Waals surface area contributed by atoms with Crippen LogP contribution in [-0.4, -0.2) is 27.6 Å². The number of benzene rings is 2. The van der Waals surface area contributed by atoms with Crippen LogP contribution in [0.4, 0.5) is 0 Å². The zero-order valence-corrected chi connectivity index (χ0v) is 18.3. The van der Waals surface area contributed by atoms with Crippen LogP contribution in [0.5, 0.6) is 5.75 Å². The molecular weight excluding hydrogens is 424 g/mol. The number of aromatic nitrogens is 3.